The van der Waals surface area contributed by atoms with Gasteiger partial charge in [-0.25, -0.2) is 0 Å². The van der Waals surface area contributed by atoms with E-state index in [0.29, 0.717) is 6.04 Å². The van der Waals surface area contributed by atoms with Crippen LogP contribution in [0.1, 0.15) is 43.9 Å². The minimum atomic E-state index is 0.356. The van der Waals surface area contributed by atoms with Crippen molar-refractivity contribution < 1.29 is 0 Å². The number of aryl methyl sites for hydroxylation is 3. The zero-order valence-corrected chi connectivity index (χ0v) is 18.4. The Morgan fingerprint density at radius 3 is 2.57 bits per heavy atom. The van der Waals surface area contributed by atoms with Gasteiger partial charge in [-0.05, 0) is 69.6 Å². The summed E-state index contributed by atoms with van der Waals surface area (Å²) in [5.74, 6) is 0. The molecule has 1 N–H and O–H groups in total. The van der Waals surface area contributed by atoms with E-state index in [2.05, 4.69) is 98.1 Å². The van der Waals surface area contributed by atoms with Crippen LogP contribution in [0, 0.1) is 13.8 Å². The van der Waals surface area contributed by atoms with Gasteiger partial charge in [-0.1, -0.05) is 42.8 Å². The first kappa shape index (κ1) is 20.4. The summed E-state index contributed by atoms with van der Waals surface area (Å²) in [7, 11) is 0. The number of thiocarbonyl (C=S) groups is 1. The van der Waals surface area contributed by atoms with Gasteiger partial charge in [0.1, 0.15) is 0 Å². The molecule has 0 bridgehead atoms. The summed E-state index contributed by atoms with van der Waals surface area (Å²) in [5.41, 5.74) is 6.17. The second-order valence-electron chi connectivity index (χ2n) is 7.59. The molecule has 0 unspecified atom stereocenters. The zero-order chi connectivity index (χ0) is 20.3. The molecule has 3 aromatic rings. The lowest BCUT2D eigenvalue weighted by molar-refractivity contribution is 0.320. The maximum absolute atomic E-state index is 5.86. The smallest absolute Gasteiger partial charge is 0.173 e. The number of anilines is 1. The van der Waals surface area contributed by atoms with Crippen LogP contribution in [0.25, 0.3) is 10.9 Å². The van der Waals surface area contributed by atoms with Crippen molar-refractivity contribution in [1.29, 1.82) is 0 Å². The molecule has 0 saturated carbocycles. The van der Waals surface area contributed by atoms with E-state index in [1.54, 1.807) is 0 Å². The Balaban J connectivity index is 1.90. The molecule has 0 aliphatic heterocycles. The van der Waals surface area contributed by atoms with E-state index in [-0.39, 0.29) is 0 Å². The largest absolute Gasteiger partial charge is 0.347 e. The van der Waals surface area contributed by atoms with Crippen LogP contribution in [0.4, 0.5) is 5.69 Å². The lowest BCUT2D eigenvalue weighted by Crippen LogP contribution is -2.40. The van der Waals surface area contributed by atoms with Crippen LogP contribution in [0.5, 0.6) is 0 Å². The standard InChI is InChI=1S/C24H31N3S/c1-6-19(5)27(24(28)25-22-13-12-17(3)14-18(22)4)16-20-15-26(7-2)23-11-9-8-10-21(20)23/h8-15,19H,6-7,16H2,1-5H3,(H,25,28)/t19-/m1/s1. The Hall–Kier alpha value is -2.33. The molecule has 3 rings (SSSR count). The lowest BCUT2D eigenvalue weighted by Gasteiger charge is -2.31. The molecule has 1 aromatic heterocycles. The lowest BCUT2D eigenvalue weighted by atomic mass is 10.1. The summed E-state index contributed by atoms with van der Waals surface area (Å²) < 4.78 is 2.32. The summed E-state index contributed by atoms with van der Waals surface area (Å²) in [4.78, 5) is 2.32. The number of benzene rings is 2. The fraction of sp³-hybridized carbons (Fsp3) is 0.375. The van der Waals surface area contributed by atoms with Crippen molar-refractivity contribution in [2.75, 3.05) is 5.32 Å². The SMILES string of the molecule is CC[C@@H](C)N(Cc1cn(CC)c2ccccc12)C(=S)Nc1ccc(C)cc1C. The fourth-order valence-corrected chi connectivity index (χ4v) is 4.04. The molecule has 0 amide bonds. The minimum Gasteiger partial charge on any atom is -0.347 e. The number of hydrogen-bond acceptors (Lipinski definition) is 1. The number of nitrogens with one attached hydrogen (secondary N) is 1. The molecule has 0 radical (unpaired) electrons. The molecule has 0 saturated heterocycles. The number of nitrogens with zero attached hydrogens (tertiary/aromatic N) is 2. The highest BCUT2D eigenvalue weighted by Crippen LogP contribution is 2.25. The predicted molar refractivity (Wildman–Crippen MR) is 125 cm³/mol. The van der Waals surface area contributed by atoms with E-state index in [1.807, 2.05) is 0 Å². The molecule has 0 fully saturated rings. The first-order valence-corrected chi connectivity index (χ1v) is 10.6. The van der Waals surface area contributed by atoms with Gasteiger partial charge >= 0.3 is 0 Å². The normalized spacial score (nSPS) is 12.2. The number of hydrogen-bond donors (Lipinski definition) is 1. The van der Waals surface area contributed by atoms with Crippen LogP contribution in [-0.4, -0.2) is 20.6 Å². The highest BCUT2D eigenvalue weighted by Gasteiger charge is 2.19. The van der Waals surface area contributed by atoms with Crippen LogP contribution in [0.3, 0.4) is 0 Å². The molecule has 148 valence electrons. The average molecular weight is 394 g/mol. The van der Waals surface area contributed by atoms with E-state index in [0.717, 1.165) is 30.3 Å². The van der Waals surface area contributed by atoms with E-state index in [1.165, 1.54) is 27.6 Å². The molecule has 1 atom stereocenters. The Morgan fingerprint density at radius 1 is 1.14 bits per heavy atom. The summed E-state index contributed by atoms with van der Waals surface area (Å²) >= 11 is 5.86. The van der Waals surface area contributed by atoms with E-state index in [9.17, 15) is 0 Å². The molecule has 0 spiro atoms. The van der Waals surface area contributed by atoms with Gasteiger partial charge in [-0.15, -0.1) is 0 Å². The van der Waals surface area contributed by atoms with Crippen LogP contribution >= 0.6 is 12.2 Å². The van der Waals surface area contributed by atoms with Crippen LogP contribution in [0.15, 0.2) is 48.7 Å². The second-order valence-corrected chi connectivity index (χ2v) is 7.98. The van der Waals surface area contributed by atoms with Crippen molar-refractivity contribution in [3.63, 3.8) is 0 Å². The summed E-state index contributed by atoms with van der Waals surface area (Å²) in [6, 6.07) is 15.4. The van der Waals surface area contributed by atoms with Gasteiger partial charge in [0.25, 0.3) is 0 Å². The molecular weight excluding hydrogens is 362 g/mol. The monoisotopic (exact) mass is 393 g/mol. The molecule has 1 heterocycles. The number of rotatable bonds is 6. The van der Waals surface area contributed by atoms with Gasteiger partial charge in [0.2, 0.25) is 0 Å². The molecule has 2 aromatic carbocycles. The van der Waals surface area contributed by atoms with Gasteiger partial charge in [0.05, 0.1) is 0 Å². The molecule has 3 nitrogen and oxygen atoms in total. The van der Waals surface area contributed by atoms with Crippen LogP contribution in [-0.2, 0) is 13.1 Å². The number of fused-ring (bicyclic) bond motifs is 1. The molecule has 0 aliphatic rings. The summed E-state index contributed by atoms with van der Waals surface area (Å²) in [6.07, 6.45) is 3.32. The minimum absolute atomic E-state index is 0.356. The van der Waals surface area contributed by atoms with Crippen molar-refractivity contribution in [1.82, 2.24) is 9.47 Å². The second kappa shape index (κ2) is 8.78. The summed E-state index contributed by atoms with van der Waals surface area (Å²) in [5, 5.41) is 5.59. The maximum Gasteiger partial charge on any atom is 0.173 e. The van der Waals surface area contributed by atoms with Gasteiger partial charge in [-0.2, -0.15) is 0 Å². The molecule has 4 heteroatoms. The fourth-order valence-electron chi connectivity index (χ4n) is 3.68. The van der Waals surface area contributed by atoms with Crippen molar-refractivity contribution in [2.45, 2.75) is 60.2 Å². The van der Waals surface area contributed by atoms with Crippen molar-refractivity contribution in [3.8, 4) is 0 Å². The van der Waals surface area contributed by atoms with Crippen molar-refractivity contribution >= 4 is 33.9 Å². The van der Waals surface area contributed by atoms with Gasteiger partial charge in [0.15, 0.2) is 5.11 Å². The predicted octanol–water partition coefficient (Wildman–Crippen LogP) is 6.28. The summed E-state index contributed by atoms with van der Waals surface area (Å²) in [6.45, 7) is 12.7. The van der Waals surface area contributed by atoms with E-state index < -0.39 is 0 Å². The molecule has 28 heavy (non-hydrogen) atoms. The Morgan fingerprint density at radius 2 is 1.89 bits per heavy atom. The van der Waals surface area contributed by atoms with E-state index in [4.69, 9.17) is 12.2 Å². The zero-order valence-electron chi connectivity index (χ0n) is 17.6. The highest BCUT2D eigenvalue weighted by molar-refractivity contribution is 7.80. The first-order valence-electron chi connectivity index (χ1n) is 10.2. The number of para-hydroxylation sites is 1. The molecule has 0 aliphatic carbocycles. The quantitative estimate of drug-likeness (QED) is 0.498. The van der Waals surface area contributed by atoms with Gasteiger partial charge < -0.3 is 14.8 Å². The third kappa shape index (κ3) is 4.22. The Labute approximate surface area is 174 Å². The van der Waals surface area contributed by atoms with Gasteiger partial charge in [-0.3, -0.25) is 0 Å². The Bertz CT molecular complexity index is 973. The third-order valence-corrected chi connectivity index (χ3v) is 5.90. The third-order valence-electron chi connectivity index (χ3n) is 5.56. The topological polar surface area (TPSA) is 20.2 Å². The highest BCUT2D eigenvalue weighted by atomic mass is 32.1. The van der Waals surface area contributed by atoms with E-state index >= 15 is 0 Å². The first-order chi connectivity index (χ1) is 13.4. The molecular formula is C24H31N3S. The van der Waals surface area contributed by atoms with Crippen LogP contribution < -0.4 is 5.32 Å². The maximum atomic E-state index is 5.86. The average Bonchev–Trinajstić information content (AvgIpc) is 3.05. The van der Waals surface area contributed by atoms with Crippen molar-refractivity contribution in [3.05, 3.63) is 65.4 Å². The number of aromatic nitrogens is 1. The van der Waals surface area contributed by atoms with Gasteiger partial charge in [0, 0.05) is 41.9 Å². The van der Waals surface area contributed by atoms with Crippen molar-refractivity contribution in [2.24, 2.45) is 0 Å². The Kier molecular flexibility index (Phi) is 6.40. The van der Waals surface area contributed by atoms with Crippen LogP contribution in [0.2, 0.25) is 0 Å².